The normalized spacial score (nSPS) is 17.6. The number of rotatable bonds is 4. The van der Waals surface area contributed by atoms with Crippen LogP contribution in [0.1, 0.15) is 55.4 Å². The van der Waals surface area contributed by atoms with Crippen molar-refractivity contribution in [2.24, 2.45) is 11.1 Å². The van der Waals surface area contributed by atoms with E-state index in [1.807, 2.05) is 6.92 Å². The van der Waals surface area contributed by atoms with E-state index in [1.165, 1.54) is 11.3 Å². The first-order valence-electron chi connectivity index (χ1n) is 6.85. The summed E-state index contributed by atoms with van der Waals surface area (Å²) in [5.41, 5.74) is 6.40. The second-order valence-corrected chi connectivity index (χ2v) is 7.30. The number of nitrogens with one attached hydrogen (secondary N) is 1. The lowest BCUT2D eigenvalue weighted by atomic mass is 9.78. The number of fused-ring (bicyclic) bond motifs is 1. The number of nitrogens with zero attached hydrogens (tertiary/aromatic N) is 1. The molecule has 5 nitrogen and oxygen atoms in total. The molecule has 118 valence electrons. The number of Topliss-reactive ketones (excluding diaryl/α,β-unsaturated/α-hetero) is 1. The molecule has 0 saturated carbocycles. The van der Waals surface area contributed by atoms with Gasteiger partial charge in [-0.15, -0.1) is 12.4 Å². The van der Waals surface area contributed by atoms with E-state index in [4.69, 9.17) is 5.73 Å². The predicted molar refractivity (Wildman–Crippen MR) is 87.3 cm³/mol. The van der Waals surface area contributed by atoms with Crippen LogP contribution in [0.3, 0.4) is 0 Å². The third-order valence-corrected chi connectivity index (χ3v) is 4.36. The summed E-state index contributed by atoms with van der Waals surface area (Å²) in [5.74, 6) is 0.0323. The molecule has 0 bridgehead atoms. The number of hydrogen-bond donors (Lipinski definition) is 2. The fraction of sp³-hybridized carbons (Fsp3) is 0.643. The van der Waals surface area contributed by atoms with E-state index in [0.29, 0.717) is 29.3 Å². The maximum atomic E-state index is 12.1. The first-order chi connectivity index (χ1) is 9.27. The van der Waals surface area contributed by atoms with Crippen LogP contribution in [0, 0.1) is 5.41 Å². The van der Waals surface area contributed by atoms with Gasteiger partial charge in [0.15, 0.2) is 10.9 Å². The molecule has 21 heavy (non-hydrogen) atoms. The van der Waals surface area contributed by atoms with Gasteiger partial charge in [0, 0.05) is 18.9 Å². The predicted octanol–water partition coefficient (Wildman–Crippen LogP) is 2.79. The Morgan fingerprint density at radius 2 is 2.14 bits per heavy atom. The second kappa shape index (κ2) is 6.85. The van der Waals surface area contributed by atoms with Crippen molar-refractivity contribution in [2.75, 3.05) is 5.32 Å². The Balaban J connectivity index is 0.00000220. The molecule has 0 aromatic carbocycles. The van der Waals surface area contributed by atoms with Gasteiger partial charge in [-0.05, 0) is 25.2 Å². The molecular weight excluding hydrogens is 310 g/mol. The van der Waals surface area contributed by atoms with Gasteiger partial charge in [-0.1, -0.05) is 25.2 Å². The highest BCUT2D eigenvalue weighted by atomic mass is 35.5. The molecule has 3 N–H and O–H groups in total. The number of amides is 1. The first kappa shape index (κ1) is 18.1. The molecule has 1 atom stereocenters. The highest BCUT2D eigenvalue weighted by molar-refractivity contribution is 7.17. The van der Waals surface area contributed by atoms with Crippen molar-refractivity contribution in [2.45, 2.75) is 52.5 Å². The summed E-state index contributed by atoms with van der Waals surface area (Å²) in [5, 5.41) is 3.29. The van der Waals surface area contributed by atoms with Crippen molar-refractivity contribution in [3.05, 3.63) is 10.6 Å². The Morgan fingerprint density at radius 1 is 1.48 bits per heavy atom. The average Bonchev–Trinajstić information content (AvgIpc) is 2.67. The van der Waals surface area contributed by atoms with E-state index in [1.54, 1.807) is 0 Å². The molecule has 0 aliphatic heterocycles. The van der Waals surface area contributed by atoms with E-state index in [2.05, 4.69) is 24.1 Å². The smallest absolute Gasteiger partial charge is 0.226 e. The average molecular weight is 332 g/mol. The summed E-state index contributed by atoms with van der Waals surface area (Å²) < 4.78 is 0. The summed E-state index contributed by atoms with van der Waals surface area (Å²) >= 11 is 1.28. The molecule has 2 rings (SSSR count). The van der Waals surface area contributed by atoms with Crippen molar-refractivity contribution < 1.29 is 9.59 Å². The number of carbonyl (C=O) groups excluding carboxylic acids is 2. The number of halogens is 1. The Hall–Kier alpha value is -0.980. The minimum atomic E-state index is -0.0971. The molecule has 7 heteroatoms. The van der Waals surface area contributed by atoms with Crippen molar-refractivity contribution in [1.29, 1.82) is 0 Å². The SMILES string of the molecule is CC(N)CCC(=O)Nc1nc2c(s1)C(=O)CC(C)(C)C2.Cl. The van der Waals surface area contributed by atoms with Crippen molar-refractivity contribution in [1.82, 2.24) is 4.98 Å². The minimum Gasteiger partial charge on any atom is -0.328 e. The third-order valence-electron chi connectivity index (χ3n) is 3.31. The van der Waals surface area contributed by atoms with Crippen LogP contribution >= 0.6 is 23.7 Å². The molecule has 1 aromatic heterocycles. The second-order valence-electron chi connectivity index (χ2n) is 6.30. The molecule has 0 spiro atoms. The largest absolute Gasteiger partial charge is 0.328 e. The van der Waals surface area contributed by atoms with Crippen molar-refractivity contribution >= 4 is 40.6 Å². The van der Waals surface area contributed by atoms with Crippen LogP contribution in [-0.4, -0.2) is 22.7 Å². The van der Waals surface area contributed by atoms with Crippen molar-refractivity contribution in [3.8, 4) is 0 Å². The summed E-state index contributed by atoms with van der Waals surface area (Å²) in [6, 6.07) is 0.00706. The number of carbonyl (C=O) groups is 2. The lowest BCUT2D eigenvalue weighted by molar-refractivity contribution is -0.116. The fourth-order valence-corrected chi connectivity index (χ4v) is 3.25. The zero-order valence-electron chi connectivity index (χ0n) is 12.6. The molecule has 1 amide bonds. The Morgan fingerprint density at radius 3 is 2.76 bits per heavy atom. The summed E-state index contributed by atoms with van der Waals surface area (Å²) in [6.07, 6.45) is 2.34. The highest BCUT2D eigenvalue weighted by Crippen LogP contribution is 2.38. The molecule has 0 fully saturated rings. The van der Waals surface area contributed by atoms with Crippen LogP contribution in [-0.2, 0) is 11.2 Å². The van der Waals surface area contributed by atoms with E-state index < -0.39 is 0 Å². The summed E-state index contributed by atoms with van der Waals surface area (Å²) in [6.45, 7) is 6.00. The van der Waals surface area contributed by atoms with Gasteiger partial charge in [0.1, 0.15) is 0 Å². The molecular formula is C14H22ClN3O2S. The molecule has 1 unspecified atom stereocenters. The number of ketones is 1. The number of nitrogens with two attached hydrogens (primary N) is 1. The lowest BCUT2D eigenvalue weighted by Gasteiger charge is -2.26. The number of hydrogen-bond acceptors (Lipinski definition) is 5. The van der Waals surface area contributed by atoms with Crippen LogP contribution < -0.4 is 11.1 Å². The molecule has 1 aromatic rings. The van der Waals surface area contributed by atoms with E-state index in [0.717, 1.165) is 12.1 Å². The monoisotopic (exact) mass is 331 g/mol. The van der Waals surface area contributed by atoms with Gasteiger partial charge < -0.3 is 11.1 Å². The van der Waals surface area contributed by atoms with Gasteiger partial charge in [-0.25, -0.2) is 4.98 Å². The Labute approximate surface area is 135 Å². The molecule has 0 saturated heterocycles. The van der Waals surface area contributed by atoms with Crippen LogP contribution in [0.5, 0.6) is 0 Å². The minimum absolute atomic E-state index is 0. The van der Waals surface area contributed by atoms with Gasteiger partial charge in [0.2, 0.25) is 5.91 Å². The van der Waals surface area contributed by atoms with Gasteiger partial charge >= 0.3 is 0 Å². The first-order valence-corrected chi connectivity index (χ1v) is 7.67. The van der Waals surface area contributed by atoms with Crippen molar-refractivity contribution in [3.63, 3.8) is 0 Å². The standard InChI is InChI=1S/C14H21N3O2S.ClH/c1-8(15)4-5-11(19)17-13-16-9-6-14(2,3)7-10(18)12(9)20-13;/h8H,4-7,15H2,1-3H3,(H,16,17,19);1H. The van der Waals surface area contributed by atoms with Gasteiger partial charge in [0.25, 0.3) is 0 Å². The Kier molecular flexibility index (Phi) is 5.90. The Bertz CT molecular complexity index is 540. The number of anilines is 1. The highest BCUT2D eigenvalue weighted by Gasteiger charge is 2.34. The van der Waals surface area contributed by atoms with Gasteiger partial charge in [-0.2, -0.15) is 0 Å². The van der Waals surface area contributed by atoms with Gasteiger partial charge in [0.05, 0.1) is 10.6 Å². The fourth-order valence-electron chi connectivity index (χ4n) is 2.31. The van der Waals surface area contributed by atoms with Crippen LogP contribution in [0.25, 0.3) is 0 Å². The van der Waals surface area contributed by atoms with Gasteiger partial charge in [-0.3, -0.25) is 9.59 Å². The molecule has 1 aliphatic carbocycles. The van der Waals surface area contributed by atoms with E-state index in [9.17, 15) is 9.59 Å². The maximum absolute atomic E-state index is 12.1. The number of thiazole rings is 1. The lowest BCUT2D eigenvalue weighted by Crippen LogP contribution is -2.26. The van der Waals surface area contributed by atoms with Crippen LogP contribution in [0.15, 0.2) is 0 Å². The van der Waals surface area contributed by atoms with Crippen LogP contribution in [0.4, 0.5) is 5.13 Å². The third kappa shape index (κ3) is 4.76. The molecule has 0 radical (unpaired) electrons. The van der Waals surface area contributed by atoms with Crippen LogP contribution in [0.2, 0.25) is 0 Å². The zero-order valence-corrected chi connectivity index (χ0v) is 14.2. The number of aromatic nitrogens is 1. The topological polar surface area (TPSA) is 85.1 Å². The quantitative estimate of drug-likeness (QED) is 0.888. The van der Waals surface area contributed by atoms with E-state index >= 15 is 0 Å². The summed E-state index contributed by atoms with van der Waals surface area (Å²) in [4.78, 5) is 28.9. The zero-order chi connectivity index (χ0) is 14.9. The molecule has 1 heterocycles. The summed E-state index contributed by atoms with van der Waals surface area (Å²) in [7, 11) is 0. The molecule has 1 aliphatic rings. The van der Waals surface area contributed by atoms with E-state index in [-0.39, 0.29) is 35.6 Å². The maximum Gasteiger partial charge on any atom is 0.226 e.